The lowest BCUT2D eigenvalue weighted by Gasteiger charge is -2.15. The van der Waals surface area contributed by atoms with Crippen LogP contribution in [0.25, 0.3) is 10.8 Å². The number of amides is 2. The van der Waals surface area contributed by atoms with Crippen molar-refractivity contribution in [1.29, 1.82) is 0 Å². The first kappa shape index (κ1) is 20.3. The van der Waals surface area contributed by atoms with Crippen LogP contribution in [0.1, 0.15) is 19.3 Å². The predicted octanol–water partition coefficient (Wildman–Crippen LogP) is 5.73. The van der Waals surface area contributed by atoms with Crippen molar-refractivity contribution in [3.63, 3.8) is 0 Å². The van der Waals surface area contributed by atoms with E-state index in [9.17, 15) is 9.59 Å². The van der Waals surface area contributed by atoms with E-state index in [2.05, 4.69) is 33.4 Å². The lowest BCUT2D eigenvalue weighted by Crippen LogP contribution is -2.35. The first-order valence-electron chi connectivity index (χ1n) is 10.2. The van der Waals surface area contributed by atoms with Crippen LogP contribution in [0, 0.1) is 0 Å². The minimum Gasteiger partial charge on any atom is -0.325 e. The summed E-state index contributed by atoms with van der Waals surface area (Å²) >= 11 is 4.83. The van der Waals surface area contributed by atoms with Crippen LogP contribution in [0.15, 0.2) is 76.2 Å². The van der Waals surface area contributed by atoms with Crippen LogP contribution >= 0.6 is 27.7 Å². The molecule has 5 nitrogen and oxygen atoms in total. The van der Waals surface area contributed by atoms with Crippen molar-refractivity contribution in [2.24, 2.45) is 4.99 Å². The molecule has 0 bridgehead atoms. The second kappa shape index (κ2) is 8.48. The van der Waals surface area contributed by atoms with E-state index in [-0.39, 0.29) is 24.3 Å². The number of rotatable bonds is 5. The van der Waals surface area contributed by atoms with Crippen molar-refractivity contribution < 1.29 is 9.59 Å². The van der Waals surface area contributed by atoms with Gasteiger partial charge in [-0.2, -0.15) is 0 Å². The molecule has 1 unspecified atom stereocenters. The summed E-state index contributed by atoms with van der Waals surface area (Å²) in [5.41, 5.74) is 1.55. The van der Waals surface area contributed by atoms with Gasteiger partial charge >= 0.3 is 0 Å². The number of carbonyl (C=O) groups is 2. The van der Waals surface area contributed by atoms with Gasteiger partial charge in [-0.3, -0.25) is 14.5 Å². The maximum atomic E-state index is 13.1. The zero-order valence-corrected chi connectivity index (χ0v) is 19.0. The van der Waals surface area contributed by atoms with E-state index in [0.717, 1.165) is 33.8 Å². The Morgan fingerprint density at radius 3 is 2.61 bits per heavy atom. The molecule has 1 aliphatic carbocycles. The Labute approximate surface area is 193 Å². The number of halogens is 1. The molecule has 31 heavy (non-hydrogen) atoms. The third-order valence-electron chi connectivity index (χ3n) is 5.38. The number of para-hydroxylation sites is 1. The van der Waals surface area contributed by atoms with Gasteiger partial charge in [0, 0.05) is 22.3 Å². The standard InChI is InChI=1S/C24H20BrN3O2S/c25-18-9-3-4-10-20(18)26-22(29)14-21-23(30)28(16-12-13-16)24(31-21)27-19-11-5-7-15-6-1-2-8-17(15)19/h1-11,16,21H,12-14H2,(H,26,29). The van der Waals surface area contributed by atoms with Gasteiger partial charge in [0.2, 0.25) is 11.8 Å². The second-order valence-electron chi connectivity index (χ2n) is 7.67. The van der Waals surface area contributed by atoms with E-state index >= 15 is 0 Å². The summed E-state index contributed by atoms with van der Waals surface area (Å²) in [5.74, 6) is -0.200. The Morgan fingerprint density at radius 1 is 1.06 bits per heavy atom. The quantitative estimate of drug-likeness (QED) is 0.493. The molecule has 5 rings (SSSR count). The van der Waals surface area contributed by atoms with Gasteiger partial charge in [-0.15, -0.1) is 0 Å². The third-order valence-corrected chi connectivity index (χ3v) is 7.22. The molecule has 2 amide bonds. The highest BCUT2D eigenvalue weighted by molar-refractivity contribution is 9.10. The average molecular weight is 494 g/mol. The molecule has 1 aliphatic heterocycles. The molecule has 1 atom stereocenters. The van der Waals surface area contributed by atoms with Gasteiger partial charge in [0.1, 0.15) is 5.25 Å². The Hall–Kier alpha value is -2.64. The number of carbonyl (C=O) groups excluding carboxylic acids is 2. The zero-order chi connectivity index (χ0) is 21.4. The molecule has 0 radical (unpaired) electrons. The van der Waals surface area contributed by atoms with Gasteiger partial charge in [0.25, 0.3) is 0 Å². The molecule has 1 N–H and O–H groups in total. The molecule has 1 saturated heterocycles. The number of aliphatic imine (C=N–C) groups is 1. The largest absolute Gasteiger partial charge is 0.325 e. The van der Waals surface area contributed by atoms with Gasteiger partial charge in [0.05, 0.1) is 11.4 Å². The van der Waals surface area contributed by atoms with Crippen molar-refractivity contribution in [3.05, 3.63) is 71.2 Å². The molecular weight excluding hydrogens is 474 g/mol. The van der Waals surface area contributed by atoms with Gasteiger partial charge in [-0.05, 0) is 52.4 Å². The summed E-state index contributed by atoms with van der Waals surface area (Å²) in [6.45, 7) is 0. The number of nitrogens with one attached hydrogen (secondary N) is 1. The molecule has 7 heteroatoms. The summed E-state index contributed by atoms with van der Waals surface area (Å²) in [7, 11) is 0. The molecule has 3 aromatic carbocycles. The predicted molar refractivity (Wildman–Crippen MR) is 130 cm³/mol. The molecule has 2 aliphatic rings. The van der Waals surface area contributed by atoms with Crippen molar-refractivity contribution in [2.45, 2.75) is 30.6 Å². The minimum atomic E-state index is -0.461. The number of thioether (sulfide) groups is 1. The van der Waals surface area contributed by atoms with Crippen molar-refractivity contribution in [3.8, 4) is 0 Å². The molecule has 156 valence electrons. The molecule has 0 aromatic heterocycles. The van der Waals surface area contributed by atoms with Crippen LogP contribution in [0.2, 0.25) is 0 Å². The molecule has 1 saturated carbocycles. The minimum absolute atomic E-state index is 0.0197. The Morgan fingerprint density at radius 2 is 1.81 bits per heavy atom. The van der Waals surface area contributed by atoms with Gasteiger partial charge in [-0.25, -0.2) is 4.99 Å². The summed E-state index contributed by atoms with van der Waals surface area (Å²) < 4.78 is 0.812. The number of fused-ring (bicyclic) bond motifs is 1. The number of amidine groups is 1. The summed E-state index contributed by atoms with van der Waals surface area (Å²) in [4.78, 5) is 32.5. The SMILES string of the molecule is O=C(CC1SC(=Nc2cccc3ccccc23)N(C2CC2)C1=O)Nc1ccccc1Br. The van der Waals surface area contributed by atoms with Crippen molar-refractivity contribution >= 4 is 66.8 Å². The fourth-order valence-corrected chi connectivity index (χ4v) is 5.29. The van der Waals surface area contributed by atoms with E-state index in [4.69, 9.17) is 4.99 Å². The summed E-state index contributed by atoms with van der Waals surface area (Å²) in [6, 6.07) is 21.7. The topological polar surface area (TPSA) is 61.8 Å². The highest BCUT2D eigenvalue weighted by Gasteiger charge is 2.46. The van der Waals surface area contributed by atoms with E-state index < -0.39 is 5.25 Å². The van der Waals surface area contributed by atoms with Gasteiger partial charge < -0.3 is 5.32 Å². The van der Waals surface area contributed by atoms with E-state index in [1.165, 1.54) is 11.8 Å². The van der Waals surface area contributed by atoms with Gasteiger partial charge in [-0.1, -0.05) is 60.3 Å². The molecule has 2 fully saturated rings. The molecular formula is C24H20BrN3O2S. The van der Waals surface area contributed by atoms with Crippen LogP contribution in [0.5, 0.6) is 0 Å². The first-order valence-corrected chi connectivity index (χ1v) is 11.9. The Balaban J connectivity index is 1.39. The van der Waals surface area contributed by atoms with Crippen LogP contribution in [-0.4, -0.2) is 33.2 Å². The normalized spacial score (nSPS) is 19.9. The summed E-state index contributed by atoms with van der Waals surface area (Å²) in [5, 5.41) is 5.30. The summed E-state index contributed by atoms with van der Waals surface area (Å²) in [6.07, 6.45) is 2.08. The average Bonchev–Trinajstić information content (AvgIpc) is 3.55. The highest BCUT2D eigenvalue weighted by Crippen LogP contribution is 2.40. The lowest BCUT2D eigenvalue weighted by atomic mass is 10.1. The van der Waals surface area contributed by atoms with Crippen molar-refractivity contribution in [1.82, 2.24) is 4.90 Å². The highest BCUT2D eigenvalue weighted by atomic mass is 79.9. The van der Waals surface area contributed by atoms with Crippen molar-refractivity contribution in [2.75, 3.05) is 5.32 Å². The van der Waals surface area contributed by atoms with Gasteiger partial charge in [0.15, 0.2) is 5.17 Å². The van der Waals surface area contributed by atoms with E-state index in [1.807, 2.05) is 59.5 Å². The zero-order valence-electron chi connectivity index (χ0n) is 16.6. The smallest absolute Gasteiger partial charge is 0.242 e. The Bertz CT molecular complexity index is 1200. The van der Waals surface area contributed by atoms with Crippen LogP contribution < -0.4 is 5.32 Å². The number of benzene rings is 3. The number of anilines is 1. The fraction of sp³-hybridized carbons (Fsp3) is 0.208. The maximum absolute atomic E-state index is 13.1. The first-order chi connectivity index (χ1) is 15.1. The monoisotopic (exact) mass is 493 g/mol. The molecule has 0 spiro atoms. The number of hydrogen-bond donors (Lipinski definition) is 1. The number of hydrogen-bond acceptors (Lipinski definition) is 4. The third kappa shape index (κ3) is 4.25. The fourth-order valence-electron chi connectivity index (χ4n) is 3.70. The van der Waals surface area contributed by atoms with E-state index in [0.29, 0.717) is 10.9 Å². The second-order valence-corrected chi connectivity index (χ2v) is 9.69. The van der Waals surface area contributed by atoms with Crippen LogP contribution in [0.3, 0.4) is 0 Å². The number of nitrogens with zero attached hydrogens (tertiary/aromatic N) is 2. The van der Waals surface area contributed by atoms with Crippen LogP contribution in [0.4, 0.5) is 11.4 Å². The van der Waals surface area contributed by atoms with Crippen LogP contribution in [-0.2, 0) is 9.59 Å². The maximum Gasteiger partial charge on any atom is 0.242 e. The van der Waals surface area contributed by atoms with E-state index in [1.54, 1.807) is 0 Å². The Kier molecular flexibility index (Phi) is 5.54. The lowest BCUT2D eigenvalue weighted by molar-refractivity contribution is -0.128. The molecule has 1 heterocycles. The molecule has 3 aromatic rings.